The van der Waals surface area contributed by atoms with Gasteiger partial charge >= 0.3 is 0 Å². The summed E-state index contributed by atoms with van der Waals surface area (Å²) < 4.78 is 28.8. The van der Waals surface area contributed by atoms with Gasteiger partial charge in [-0.2, -0.15) is 0 Å². The Morgan fingerprint density at radius 3 is 2.66 bits per heavy atom. The summed E-state index contributed by atoms with van der Waals surface area (Å²) >= 11 is 0. The largest absolute Gasteiger partial charge is 0.370 e. The highest BCUT2D eigenvalue weighted by Gasteiger charge is 2.61. The van der Waals surface area contributed by atoms with Gasteiger partial charge in [0.05, 0.1) is 12.0 Å². The standard InChI is InChI=1S/C20H22F2N4O3/c21-20(22)9-23-6-5-19(20)10-25(11-19)13-1-2-14-12(7-13)8-26(18(14)29)15-3-4-16(27)24-17(15)28/h1-2,7,15,23H,3-6,8-11H2,(H,24,27,28). The van der Waals surface area contributed by atoms with Crippen LogP contribution in [-0.2, 0) is 16.1 Å². The third-order valence-electron chi connectivity index (χ3n) is 6.76. The Kier molecular flexibility index (Phi) is 3.96. The quantitative estimate of drug-likeness (QED) is 0.716. The van der Waals surface area contributed by atoms with E-state index in [4.69, 9.17) is 0 Å². The van der Waals surface area contributed by atoms with E-state index in [-0.39, 0.29) is 31.3 Å². The number of hydrogen-bond acceptors (Lipinski definition) is 5. The molecule has 5 rings (SSSR count). The normalized spacial score (nSPS) is 27.7. The van der Waals surface area contributed by atoms with Crippen LogP contribution in [0.5, 0.6) is 0 Å². The van der Waals surface area contributed by atoms with Gasteiger partial charge in [0.1, 0.15) is 6.04 Å². The number of nitrogens with one attached hydrogen (secondary N) is 2. The first kappa shape index (κ1) is 18.5. The monoisotopic (exact) mass is 404 g/mol. The third-order valence-corrected chi connectivity index (χ3v) is 6.76. The molecule has 3 amide bonds. The second-order valence-electron chi connectivity index (χ2n) is 8.51. The average molecular weight is 404 g/mol. The first-order chi connectivity index (χ1) is 13.8. The van der Waals surface area contributed by atoms with E-state index in [1.165, 1.54) is 4.90 Å². The molecule has 3 fully saturated rings. The van der Waals surface area contributed by atoms with Gasteiger partial charge in [-0.1, -0.05) is 0 Å². The fraction of sp³-hybridized carbons (Fsp3) is 0.550. The van der Waals surface area contributed by atoms with Gasteiger partial charge in [-0.25, -0.2) is 8.78 Å². The number of halogens is 2. The van der Waals surface area contributed by atoms with E-state index in [0.717, 1.165) is 11.3 Å². The molecule has 9 heteroatoms. The van der Waals surface area contributed by atoms with Crippen LogP contribution < -0.4 is 15.5 Å². The number of alkyl halides is 2. The number of anilines is 1. The molecule has 4 aliphatic heterocycles. The van der Waals surface area contributed by atoms with Crippen LogP contribution in [0.15, 0.2) is 18.2 Å². The Balaban J connectivity index is 1.32. The number of benzene rings is 1. The zero-order valence-corrected chi connectivity index (χ0v) is 15.8. The molecule has 1 unspecified atom stereocenters. The van der Waals surface area contributed by atoms with E-state index in [0.29, 0.717) is 38.0 Å². The zero-order valence-electron chi connectivity index (χ0n) is 15.8. The van der Waals surface area contributed by atoms with E-state index in [2.05, 4.69) is 10.6 Å². The second-order valence-corrected chi connectivity index (χ2v) is 8.51. The van der Waals surface area contributed by atoms with Crippen molar-refractivity contribution in [3.8, 4) is 0 Å². The maximum absolute atomic E-state index is 14.4. The lowest BCUT2D eigenvalue weighted by atomic mass is 9.69. The summed E-state index contributed by atoms with van der Waals surface area (Å²) in [5, 5.41) is 5.05. The number of piperidine rings is 2. The summed E-state index contributed by atoms with van der Waals surface area (Å²) in [5.41, 5.74) is 1.16. The van der Waals surface area contributed by atoms with Crippen LogP contribution >= 0.6 is 0 Å². The highest BCUT2D eigenvalue weighted by atomic mass is 19.3. The molecule has 29 heavy (non-hydrogen) atoms. The van der Waals surface area contributed by atoms with Gasteiger partial charge in [0.15, 0.2) is 0 Å². The van der Waals surface area contributed by atoms with Crippen LogP contribution in [0.1, 0.15) is 35.2 Å². The molecular weight excluding hydrogens is 382 g/mol. The van der Waals surface area contributed by atoms with E-state index in [9.17, 15) is 23.2 Å². The van der Waals surface area contributed by atoms with Gasteiger partial charge in [0.25, 0.3) is 11.8 Å². The molecule has 1 spiro atoms. The molecule has 0 aliphatic carbocycles. The lowest BCUT2D eigenvalue weighted by Gasteiger charge is -2.56. The van der Waals surface area contributed by atoms with Crippen molar-refractivity contribution < 1.29 is 23.2 Å². The van der Waals surface area contributed by atoms with Crippen molar-refractivity contribution in [2.45, 2.75) is 37.8 Å². The lowest BCUT2D eigenvalue weighted by molar-refractivity contribution is -0.151. The Bertz CT molecular complexity index is 913. The molecule has 4 aliphatic rings. The van der Waals surface area contributed by atoms with Crippen molar-refractivity contribution in [1.82, 2.24) is 15.5 Å². The molecule has 1 aromatic carbocycles. The van der Waals surface area contributed by atoms with Crippen LogP contribution in [0.4, 0.5) is 14.5 Å². The highest BCUT2D eigenvalue weighted by molar-refractivity contribution is 6.05. The van der Waals surface area contributed by atoms with Crippen LogP contribution in [0.3, 0.4) is 0 Å². The second kappa shape index (κ2) is 6.22. The number of fused-ring (bicyclic) bond motifs is 1. The van der Waals surface area contributed by atoms with Gasteiger partial charge in [0, 0.05) is 37.3 Å². The number of amides is 3. The Morgan fingerprint density at radius 1 is 1.14 bits per heavy atom. The molecule has 1 aromatic rings. The number of carbonyl (C=O) groups excluding carboxylic acids is 3. The average Bonchev–Trinajstić information content (AvgIpc) is 2.96. The van der Waals surface area contributed by atoms with Gasteiger partial charge in [-0.3, -0.25) is 19.7 Å². The maximum atomic E-state index is 14.4. The molecule has 1 atom stereocenters. The van der Waals surface area contributed by atoms with E-state index in [1.54, 1.807) is 12.1 Å². The fourth-order valence-electron chi connectivity index (χ4n) is 4.96. The fourth-order valence-corrected chi connectivity index (χ4v) is 4.96. The van der Waals surface area contributed by atoms with Gasteiger partial charge < -0.3 is 15.1 Å². The minimum Gasteiger partial charge on any atom is -0.370 e. The summed E-state index contributed by atoms with van der Waals surface area (Å²) in [6, 6.07) is 4.71. The van der Waals surface area contributed by atoms with Crippen molar-refractivity contribution in [1.29, 1.82) is 0 Å². The number of rotatable bonds is 2. The van der Waals surface area contributed by atoms with E-state index >= 15 is 0 Å². The maximum Gasteiger partial charge on any atom is 0.269 e. The van der Waals surface area contributed by atoms with Crippen molar-refractivity contribution in [3.05, 3.63) is 29.3 Å². The van der Waals surface area contributed by atoms with E-state index < -0.39 is 23.3 Å². The predicted octanol–water partition coefficient (Wildman–Crippen LogP) is 0.883. The molecule has 3 saturated heterocycles. The van der Waals surface area contributed by atoms with Crippen molar-refractivity contribution in [3.63, 3.8) is 0 Å². The minimum absolute atomic E-state index is 0.209. The number of nitrogens with zero attached hydrogens (tertiary/aromatic N) is 2. The van der Waals surface area contributed by atoms with Crippen molar-refractivity contribution in [2.24, 2.45) is 5.41 Å². The summed E-state index contributed by atoms with van der Waals surface area (Å²) in [5.74, 6) is -3.72. The smallest absolute Gasteiger partial charge is 0.269 e. The molecular formula is C20H22F2N4O3. The molecule has 0 saturated carbocycles. The molecule has 0 bridgehead atoms. The topological polar surface area (TPSA) is 81.8 Å². The molecule has 7 nitrogen and oxygen atoms in total. The van der Waals surface area contributed by atoms with E-state index in [1.807, 2.05) is 11.0 Å². The SMILES string of the molecule is O=C1CCC(N2Cc3cc(N4CC5(CCNCC5(F)F)C4)ccc3C2=O)C(=O)N1. The summed E-state index contributed by atoms with van der Waals surface area (Å²) in [6.45, 7) is 1.20. The molecule has 0 aromatic heterocycles. The number of hydrogen-bond donors (Lipinski definition) is 2. The minimum atomic E-state index is -2.73. The predicted molar refractivity (Wildman–Crippen MR) is 99.6 cm³/mol. The summed E-state index contributed by atoms with van der Waals surface area (Å²) in [4.78, 5) is 39.7. The van der Waals surface area contributed by atoms with Crippen LogP contribution in [0.25, 0.3) is 0 Å². The summed E-state index contributed by atoms with van der Waals surface area (Å²) in [6.07, 6.45) is 0.971. The third kappa shape index (κ3) is 2.74. The summed E-state index contributed by atoms with van der Waals surface area (Å²) in [7, 11) is 0. The molecule has 0 radical (unpaired) electrons. The van der Waals surface area contributed by atoms with Crippen LogP contribution in [0, 0.1) is 5.41 Å². The highest BCUT2D eigenvalue weighted by Crippen LogP contribution is 2.50. The van der Waals surface area contributed by atoms with Gasteiger partial charge in [0.2, 0.25) is 11.8 Å². The molecule has 2 N–H and O–H groups in total. The van der Waals surface area contributed by atoms with Gasteiger partial charge in [-0.15, -0.1) is 0 Å². The van der Waals surface area contributed by atoms with Crippen LogP contribution in [-0.4, -0.2) is 60.8 Å². The number of imide groups is 1. The zero-order chi connectivity index (χ0) is 20.4. The number of carbonyl (C=O) groups is 3. The Labute approximate surface area is 166 Å². The van der Waals surface area contributed by atoms with Gasteiger partial charge in [-0.05, 0) is 43.1 Å². The first-order valence-corrected chi connectivity index (χ1v) is 9.91. The Morgan fingerprint density at radius 2 is 1.93 bits per heavy atom. The van der Waals surface area contributed by atoms with Crippen molar-refractivity contribution in [2.75, 3.05) is 31.1 Å². The lowest BCUT2D eigenvalue weighted by Crippen LogP contribution is -2.70. The first-order valence-electron chi connectivity index (χ1n) is 9.91. The molecule has 4 heterocycles. The van der Waals surface area contributed by atoms with Crippen LogP contribution in [0.2, 0.25) is 0 Å². The Hall–Kier alpha value is -2.55. The van der Waals surface area contributed by atoms with Crippen molar-refractivity contribution >= 4 is 23.4 Å². The molecule has 154 valence electrons.